The predicted molar refractivity (Wildman–Crippen MR) is 107 cm³/mol. The zero-order valence-corrected chi connectivity index (χ0v) is 16.5. The summed E-state index contributed by atoms with van der Waals surface area (Å²) in [5.74, 6) is -0.878. The highest BCUT2D eigenvalue weighted by Crippen LogP contribution is 2.22. The lowest BCUT2D eigenvalue weighted by Gasteiger charge is -2.19. The van der Waals surface area contributed by atoms with Crippen LogP contribution in [0.2, 0.25) is 0 Å². The molecule has 28 heavy (non-hydrogen) atoms. The minimum absolute atomic E-state index is 0.00246. The van der Waals surface area contributed by atoms with E-state index in [0.29, 0.717) is 16.8 Å². The van der Waals surface area contributed by atoms with Crippen molar-refractivity contribution in [3.8, 4) is 0 Å². The van der Waals surface area contributed by atoms with E-state index >= 15 is 0 Å². The van der Waals surface area contributed by atoms with Crippen molar-refractivity contribution in [1.82, 2.24) is 10.9 Å². The van der Waals surface area contributed by atoms with Crippen molar-refractivity contribution in [2.45, 2.75) is 33.1 Å². The Labute approximate surface area is 164 Å². The van der Waals surface area contributed by atoms with Crippen LogP contribution in [0.25, 0.3) is 0 Å². The summed E-state index contributed by atoms with van der Waals surface area (Å²) in [5, 5.41) is 2.53. The highest BCUT2D eigenvalue weighted by Gasteiger charge is 2.15. The van der Waals surface area contributed by atoms with Gasteiger partial charge < -0.3 is 4.74 Å². The van der Waals surface area contributed by atoms with Crippen LogP contribution >= 0.6 is 0 Å². The van der Waals surface area contributed by atoms with Crippen LogP contribution in [0.4, 0.5) is 10.5 Å². The van der Waals surface area contributed by atoms with Crippen LogP contribution in [-0.2, 0) is 10.2 Å². The summed E-state index contributed by atoms with van der Waals surface area (Å²) in [5.41, 5.74) is 7.15. The molecule has 148 valence electrons. The van der Waals surface area contributed by atoms with Gasteiger partial charge in [-0.05, 0) is 54.3 Å². The molecule has 0 aliphatic carbocycles. The van der Waals surface area contributed by atoms with Crippen LogP contribution in [0, 0.1) is 0 Å². The summed E-state index contributed by atoms with van der Waals surface area (Å²) in [6.45, 7) is 8.26. The molecule has 0 aliphatic rings. The van der Waals surface area contributed by atoms with Crippen molar-refractivity contribution in [3.63, 3.8) is 0 Å². The van der Waals surface area contributed by atoms with Crippen molar-refractivity contribution < 1.29 is 19.1 Å². The van der Waals surface area contributed by atoms with Gasteiger partial charge in [-0.15, -0.1) is 0 Å². The first kappa shape index (κ1) is 21.0. The maximum absolute atomic E-state index is 12.2. The van der Waals surface area contributed by atoms with Crippen molar-refractivity contribution in [2.24, 2.45) is 0 Å². The van der Waals surface area contributed by atoms with Gasteiger partial charge in [-0.2, -0.15) is 0 Å². The molecular weight excluding hydrogens is 358 g/mol. The molecule has 0 heterocycles. The van der Waals surface area contributed by atoms with Crippen molar-refractivity contribution in [1.29, 1.82) is 0 Å². The lowest BCUT2D eigenvalue weighted by molar-refractivity contribution is 0.0846. The van der Waals surface area contributed by atoms with Crippen LogP contribution in [-0.4, -0.2) is 24.5 Å². The summed E-state index contributed by atoms with van der Waals surface area (Å²) >= 11 is 0. The second kappa shape index (κ2) is 9.03. The van der Waals surface area contributed by atoms with Crippen LogP contribution in [0.1, 0.15) is 54.0 Å². The Kier molecular flexibility index (Phi) is 6.76. The van der Waals surface area contributed by atoms with Gasteiger partial charge in [-0.25, -0.2) is 4.79 Å². The van der Waals surface area contributed by atoms with Gasteiger partial charge in [0.1, 0.15) is 0 Å². The third-order valence-corrected chi connectivity index (χ3v) is 3.97. The minimum Gasteiger partial charge on any atom is -0.450 e. The van der Waals surface area contributed by atoms with E-state index in [-0.39, 0.29) is 12.0 Å². The monoisotopic (exact) mass is 383 g/mol. The van der Waals surface area contributed by atoms with E-state index in [9.17, 15) is 14.4 Å². The van der Waals surface area contributed by atoms with Crippen LogP contribution in [0.15, 0.2) is 48.5 Å². The molecule has 0 aromatic heterocycles. The Bertz CT molecular complexity index is 837. The van der Waals surface area contributed by atoms with Gasteiger partial charge in [0, 0.05) is 16.8 Å². The summed E-state index contributed by atoms with van der Waals surface area (Å²) in [7, 11) is 0. The van der Waals surface area contributed by atoms with Gasteiger partial charge in [-0.1, -0.05) is 32.9 Å². The quantitative estimate of drug-likeness (QED) is 0.703. The fourth-order valence-corrected chi connectivity index (χ4v) is 2.37. The minimum atomic E-state index is -0.565. The number of amides is 3. The number of benzene rings is 2. The summed E-state index contributed by atoms with van der Waals surface area (Å²) in [6.07, 6.45) is -0.565. The molecule has 2 aromatic rings. The first-order valence-electron chi connectivity index (χ1n) is 8.96. The van der Waals surface area contributed by atoms with E-state index in [0.717, 1.165) is 5.56 Å². The summed E-state index contributed by atoms with van der Waals surface area (Å²) < 4.78 is 4.78. The van der Waals surface area contributed by atoms with Gasteiger partial charge in [0.05, 0.1) is 6.61 Å². The van der Waals surface area contributed by atoms with Crippen LogP contribution in [0.3, 0.4) is 0 Å². The molecule has 3 N–H and O–H groups in total. The molecule has 0 unspecified atom stereocenters. The lowest BCUT2D eigenvalue weighted by Crippen LogP contribution is -2.41. The number of carbonyl (C=O) groups excluding carboxylic acids is 3. The third-order valence-electron chi connectivity index (χ3n) is 3.97. The Balaban J connectivity index is 1.90. The molecule has 0 saturated heterocycles. The van der Waals surface area contributed by atoms with E-state index in [1.807, 2.05) is 12.1 Å². The molecule has 7 nitrogen and oxygen atoms in total. The van der Waals surface area contributed by atoms with Gasteiger partial charge in [-0.3, -0.25) is 25.8 Å². The second-order valence-corrected chi connectivity index (χ2v) is 7.16. The Hall–Kier alpha value is -3.35. The third kappa shape index (κ3) is 5.84. The molecule has 0 saturated carbocycles. The lowest BCUT2D eigenvalue weighted by atomic mass is 9.87. The van der Waals surface area contributed by atoms with Crippen LogP contribution < -0.4 is 16.2 Å². The second-order valence-electron chi connectivity index (χ2n) is 7.16. The van der Waals surface area contributed by atoms with E-state index in [1.165, 1.54) is 12.1 Å². The molecule has 0 spiro atoms. The van der Waals surface area contributed by atoms with E-state index in [1.54, 1.807) is 31.2 Å². The number of ether oxygens (including phenoxy) is 1. The predicted octanol–water partition coefficient (Wildman–Crippen LogP) is 3.63. The average Bonchev–Trinajstić information content (AvgIpc) is 2.66. The SMILES string of the molecule is CCOC(=O)Nc1ccc(C(=O)NNC(=O)c2ccc(C(C)(C)C)cc2)cc1. The molecule has 7 heteroatoms. The fourth-order valence-electron chi connectivity index (χ4n) is 2.37. The molecule has 2 aromatic carbocycles. The zero-order valence-electron chi connectivity index (χ0n) is 16.5. The summed E-state index contributed by atoms with van der Waals surface area (Å²) in [4.78, 5) is 35.7. The first-order valence-corrected chi connectivity index (χ1v) is 8.96. The van der Waals surface area contributed by atoms with Crippen LogP contribution in [0.5, 0.6) is 0 Å². The smallest absolute Gasteiger partial charge is 0.411 e. The number of anilines is 1. The van der Waals surface area contributed by atoms with E-state index < -0.39 is 17.9 Å². The Morgan fingerprint density at radius 3 is 1.71 bits per heavy atom. The first-order chi connectivity index (χ1) is 13.2. The molecule has 0 atom stereocenters. The average molecular weight is 383 g/mol. The molecule has 0 fully saturated rings. The molecule has 0 aliphatic heterocycles. The van der Waals surface area contributed by atoms with Crippen molar-refractivity contribution in [3.05, 3.63) is 65.2 Å². The Morgan fingerprint density at radius 2 is 1.29 bits per heavy atom. The van der Waals surface area contributed by atoms with Gasteiger partial charge in [0.2, 0.25) is 0 Å². The van der Waals surface area contributed by atoms with Crippen molar-refractivity contribution >= 4 is 23.6 Å². The summed E-state index contributed by atoms with van der Waals surface area (Å²) in [6, 6.07) is 13.4. The van der Waals surface area contributed by atoms with Crippen molar-refractivity contribution in [2.75, 3.05) is 11.9 Å². The molecule has 3 amide bonds. The normalized spacial score (nSPS) is 10.7. The van der Waals surface area contributed by atoms with Gasteiger partial charge >= 0.3 is 6.09 Å². The maximum atomic E-state index is 12.2. The number of hydrazine groups is 1. The maximum Gasteiger partial charge on any atom is 0.411 e. The molecular formula is C21H25N3O4. The standard InChI is InChI=1S/C21H25N3O4/c1-5-28-20(27)22-17-12-8-15(9-13-17)19(26)24-23-18(25)14-6-10-16(11-7-14)21(2,3)4/h6-13H,5H2,1-4H3,(H,22,27)(H,23,25)(H,24,26). The number of hydrogen-bond donors (Lipinski definition) is 3. The number of hydrogen-bond acceptors (Lipinski definition) is 4. The van der Waals surface area contributed by atoms with E-state index in [4.69, 9.17) is 4.74 Å². The Morgan fingerprint density at radius 1 is 0.821 bits per heavy atom. The number of carbonyl (C=O) groups is 3. The largest absolute Gasteiger partial charge is 0.450 e. The van der Waals surface area contributed by atoms with Gasteiger partial charge in [0.15, 0.2) is 0 Å². The highest BCUT2D eigenvalue weighted by molar-refractivity contribution is 5.99. The molecule has 0 radical (unpaired) electrons. The van der Waals surface area contributed by atoms with E-state index in [2.05, 4.69) is 36.9 Å². The highest BCUT2D eigenvalue weighted by atomic mass is 16.5. The van der Waals surface area contributed by atoms with Gasteiger partial charge in [0.25, 0.3) is 11.8 Å². The molecule has 2 rings (SSSR count). The number of rotatable bonds is 4. The fraction of sp³-hybridized carbons (Fsp3) is 0.286. The zero-order chi connectivity index (χ0) is 20.7. The number of nitrogens with one attached hydrogen (secondary N) is 3. The molecule has 0 bridgehead atoms. The topological polar surface area (TPSA) is 96.5 Å².